The van der Waals surface area contributed by atoms with Crippen LogP contribution < -0.4 is 5.32 Å². The van der Waals surface area contributed by atoms with E-state index in [1.807, 2.05) is 0 Å². The van der Waals surface area contributed by atoms with E-state index in [1.54, 1.807) is 13.8 Å². The highest BCUT2D eigenvalue weighted by Gasteiger charge is 2.29. The summed E-state index contributed by atoms with van der Waals surface area (Å²) in [5.74, 6) is 0. The Bertz CT molecular complexity index is 337. The second-order valence-electron chi connectivity index (χ2n) is 6.89. The van der Waals surface area contributed by atoms with Gasteiger partial charge in [0.05, 0.1) is 4.75 Å². The molecule has 0 aliphatic carbocycles. The van der Waals surface area contributed by atoms with Gasteiger partial charge in [-0.15, -0.1) is 0 Å². The quantitative estimate of drug-likeness (QED) is 0.485. The largest absolute Gasteiger partial charge is 0.315 e. The van der Waals surface area contributed by atoms with E-state index in [9.17, 15) is 8.42 Å². The van der Waals surface area contributed by atoms with Crippen LogP contribution in [0.5, 0.6) is 0 Å². The van der Waals surface area contributed by atoms with Crippen molar-refractivity contribution in [3.8, 4) is 0 Å². The highest BCUT2D eigenvalue weighted by atomic mass is 32.2. The Balaban J connectivity index is 3.34. The molecule has 0 aliphatic heterocycles. The monoisotopic (exact) mass is 319 g/mol. The molecule has 0 saturated carbocycles. The first-order valence-corrected chi connectivity index (χ1v) is 10.6. The predicted octanol–water partition coefficient (Wildman–Crippen LogP) is 4.32. The Morgan fingerprint density at radius 1 is 0.810 bits per heavy atom. The zero-order valence-electron chi connectivity index (χ0n) is 14.7. The zero-order chi connectivity index (χ0) is 16.2. The van der Waals surface area contributed by atoms with Gasteiger partial charge in [-0.25, -0.2) is 8.42 Å². The van der Waals surface area contributed by atoms with E-state index in [0.717, 1.165) is 13.0 Å². The molecule has 0 rings (SSSR count). The number of unbranched alkanes of at least 4 members (excludes halogenated alkanes) is 9. The molecule has 0 aliphatic rings. The topological polar surface area (TPSA) is 46.2 Å². The van der Waals surface area contributed by atoms with Gasteiger partial charge in [0, 0.05) is 12.8 Å². The fraction of sp³-hybridized carbons (Fsp3) is 1.00. The van der Waals surface area contributed by atoms with Crippen molar-refractivity contribution in [3.63, 3.8) is 0 Å². The third-order valence-corrected chi connectivity index (χ3v) is 6.41. The second kappa shape index (κ2) is 11.5. The molecule has 21 heavy (non-hydrogen) atoms. The average molecular weight is 320 g/mol. The van der Waals surface area contributed by atoms with Crippen molar-refractivity contribution >= 4 is 9.84 Å². The molecule has 4 heteroatoms. The highest BCUT2D eigenvalue weighted by Crippen LogP contribution is 2.13. The number of nitrogens with one attached hydrogen (secondary N) is 1. The van der Waals surface area contributed by atoms with E-state index in [2.05, 4.69) is 12.2 Å². The van der Waals surface area contributed by atoms with Gasteiger partial charge >= 0.3 is 0 Å². The van der Waals surface area contributed by atoms with Gasteiger partial charge < -0.3 is 5.32 Å². The van der Waals surface area contributed by atoms with Gasteiger partial charge in [-0.1, -0.05) is 64.7 Å². The Labute approximate surface area is 133 Å². The van der Waals surface area contributed by atoms with Crippen LogP contribution in [-0.2, 0) is 9.84 Å². The lowest BCUT2D eigenvalue weighted by molar-refractivity contribution is 0.505. The SMILES string of the molecule is CCCCCCCCCCCCNCC(C)(C)S(C)(=O)=O. The molecule has 0 fully saturated rings. The van der Waals surface area contributed by atoms with Crippen molar-refractivity contribution in [1.82, 2.24) is 5.32 Å². The van der Waals surface area contributed by atoms with Crippen LogP contribution in [0, 0.1) is 0 Å². The maximum atomic E-state index is 11.5. The van der Waals surface area contributed by atoms with Crippen LogP contribution >= 0.6 is 0 Å². The molecular weight excluding hydrogens is 282 g/mol. The van der Waals surface area contributed by atoms with E-state index in [-0.39, 0.29) is 0 Å². The first-order chi connectivity index (χ1) is 9.81. The number of rotatable bonds is 14. The number of hydrogen-bond acceptors (Lipinski definition) is 3. The van der Waals surface area contributed by atoms with Crippen molar-refractivity contribution in [2.75, 3.05) is 19.3 Å². The third kappa shape index (κ3) is 11.2. The Morgan fingerprint density at radius 3 is 1.67 bits per heavy atom. The number of sulfone groups is 1. The van der Waals surface area contributed by atoms with Crippen molar-refractivity contribution < 1.29 is 8.42 Å². The van der Waals surface area contributed by atoms with Gasteiger partial charge in [-0.3, -0.25) is 0 Å². The molecule has 0 atom stereocenters. The minimum absolute atomic E-state index is 0.545. The summed E-state index contributed by atoms with van der Waals surface area (Å²) in [5.41, 5.74) is 0. The van der Waals surface area contributed by atoms with E-state index >= 15 is 0 Å². The summed E-state index contributed by atoms with van der Waals surface area (Å²) in [6.45, 7) is 7.30. The van der Waals surface area contributed by atoms with Gasteiger partial charge in [0.1, 0.15) is 0 Å². The minimum Gasteiger partial charge on any atom is -0.315 e. The van der Waals surface area contributed by atoms with E-state index in [0.29, 0.717) is 6.54 Å². The van der Waals surface area contributed by atoms with Crippen LogP contribution in [0.2, 0.25) is 0 Å². The lowest BCUT2D eigenvalue weighted by atomic mass is 10.1. The first kappa shape index (κ1) is 20.9. The molecule has 0 aromatic carbocycles. The standard InChI is InChI=1S/C17H37NO2S/c1-5-6-7-8-9-10-11-12-13-14-15-18-16-17(2,3)21(4,19)20/h18H,5-16H2,1-4H3. The van der Waals surface area contributed by atoms with E-state index in [1.165, 1.54) is 64.0 Å². The summed E-state index contributed by atoms with van der Waals surface area (Å²) in [6, 6.07) is 0. The molecule has 0 aromatic rings. The fourth-order valence-electron chi connectivity index (χ4n) is 2.26. The van der Waals surface area contributed by atoms with Crippen LogP contribution in [0.25, 0.3) is 0 Å². The molecule has 0 bridgehead atoms. The molecule has 0 spiro atoms. The average Bonchev–Trinajstić information content (AvgIpc) is 2.38. The molecule has 1 N–H and O–H groups in total. The normalized spacial score (nSPS) is 12.8. The molecule has 0 saturated heterocycles. The minimum atomic E-state index is -2.98. The van der Waals surface area contributed by atoms with Gasteiger partial charge in [-0.2, -0.15) is 0 Å². The fourth-order valence-corrected chi connectivity index (χ4v) is 2.62. The predicted molar refractivity (Wildman–Crippen MR) is 93.6 cm³/mol. The maximum absolute atomic E-state index is 11.5. The lowest BCUT2D eigenvalue weighted by Gasteiger charge is -2.22. The molecule has 0 radical (unpaired) electrons. The Hall–Kier alpha value is -0.0900. The van der Waals surface area contributed by atoms with Crippen LogP contribution in [0.4, 0.5) is 0 Å². The van der Waals surface area contributed by atoms with Gasteiger partial charge in [0.15, 0.2) is 9.84 Å². The lowest BCUT2D eigenvalue weighted by Crippen LogP contribution is -2.41. The molecule has 3 nitrogen and oxygen atoms in total. The van der Waals surface area contributed by atoms with Gasteiger partial charge in [0.25, 0.3) is 0 Å². The highest BCUT2D eigenvalue weighted by molar-refractivity contribution is 7.92. The summed E-state index contributed by atoms with van der Waals surface area (Å²) >= 11 is 0. The first-order valence-electron chi connectivity index (χ1n) is 8.71. The summed E-state index contributed by atoms with van der Waals surface area (Å²) in [7, 11) is -2.98. The zero-order valence-corrected chi connectivity index (χ0v) is 15.5. The van der Waals surface area contributed by atoms with Crippen LogP contribution in [0.15, 0.2) is 0 Å². The van der Waals surface area contributed by atoms with Crippen molar-refractivity contribution in [2.45, 2.75) is 89.7 Å². The number of hydrogen-bond donors (Lipinski definition) is 1. The third-order valence-electron chi connectivity index (χ3n) is 4.26. The van der Waals surface area contributed by atoms with E-state index < -0.39 is 14.6 Å². The van der Waals surface area contributed by atoms with Crippen LogP contribution in [0.1, 0.15) is 85.0 Å². The van der Waals surface area contributed by atoms with Crippen molar-refractivity contribution in [2.24, 2.45) is 0 Å². The van der Waals surface area contributed by atoms with Gasteiger partial charge in [0.2, 0.25) is 0 Å². The molecule has 128 valence electrons. The molecule has 0 unspecified atom stereocenters. The molecule has 0 heterocycles. The van der Waals surface area contributed by atoms with Crippen LogP contribution in [0.3, 0.4) is 0 Å². The van der Waals surface area contributed by atoms with Crippen molar-refractivity contribution in [3.05, 3.63) is 0 Å². The van der Waals surface area contributed by atoms with Gasteiger partial charge in [-0.05, 0) is 26.8 Å². The Kier molecular flexibility index (Phi) is 11.4. The van der Waals surface area contributed by atoms with Crippen LogP contribution in [-0.4, -0.2) is 32.5 Å². The molecule has 0 aromatic heterocycles. The second-order valence-corrected chi connectivity index (χ2v) is 9.54. The molecular formula is C17H37NO2S. The smallest absolute Gasteiger partial charge is 0.153 e. The summed E-state index contributed by atoms with van der Waals surface area (Å²) < 4.78 is 22.4. The van der Waals surface area contributed by atoms with E-state index in [4.69, 9.17) is 0 Å². The maximum Gasteiger partial charge on any atom is 0.153 e. The summed E-state index contributed by atoms with van der Waals surface area (Å²) in [5, 5.41) is 3.28. The molecule has 0 amide bonds. The summed E-state index contributed by atoms with van der Waals surface area (Å²) in [4.78, 5) is 0. The summed E-state index contributed by atoms with van der Waals surface area (Å²) in [6.07, 6.45) is 14.6. The van der Waals surface area contributed by atoms with Crippen molar-refractivity contribution in [1.29, 1.82) is 0 Å². The Morgan fingerprint density at radius 2 is 1.24 bits per heavy atom.